The van der Waals surface area contributed by atoms with Gasteiger partial charge >= 0.3 is 5.97 Å². The molecule has 0 saturated heterocycles. The van der Waals surface area contributed by atoms with E-state index in [4.69, 9.17) is 4.74 Å². The summed E-state index contributed by atoms with van der Waals surface area (Å²) in [6, 6.07) is 15.7. The van der Waals surface area contributed by atoms with Gasteiger partial charge in [0, 0.05) is 11.8 Å². The summed E-state index contributed by atoms with van der Waals surface area (Å²) < 4.78 is 11.7. The highest BCUT2D eigenvalue weighted by Gasteiger charge is 2.26. The number of rotatable bonds is 8. The number of carbonyl (C=O) groups is 2. The lowest BCUT2D eigenvalue weighted by molar-refractivity contribution is -0.143. The summed E-state index contributed by atoms with van der Waals surface area (Å²) in [5.41, 5.74) is 2.30. The molecule has 1 heterocycles. The third-order valence-electron chi connectivity index (χ3n) is 4.53. The number of aromatic nitrogens is 2. The number of para-hydroxylation sites is 1. The second-order valence-electron chi connectivity index (χ2n) is 6.51. The molecule has 1 aromatic heterocycles. The number of nitrogens with one attached hydrogen (secondary N) is 1. The van der Waals surface area contributed by atoms with Crippen LogP contribution in [0.2, 0.25) is 0 Å². The Bertz CT molecular complexity index is 1020. The topological polar surface area (TPSA) is 103 Å². The van der Waals surface area contributed by atoms with Crippen molar-refractivity contribution in [3.63, 3.8) is 0 Å². The summed E-state index contributed by atoms with van der Waals surface area (Å²) in [5.74, 6) is -0.732. The Morgan fingerprint density at radius 3 is 2.47 bits per heavy atom. The number of hydrogen-bond acceptors (Lipinski definition) is 6. The minimum atomic E-state index is -1.18. The predicted octanol–water partition coefficient (Wildman–Crippen LogP) is 1.87. The zero-order valence-electron chi connectivity index (χ0n) is 16.7. The van der Waals surface area contributed by atoms with Gasteiger partial charge in [-0.25, -0.2) is 4.79 Å². The fraction of sp³-hybridized carbons (Fsp3) is 0.227. The Balaban J connectivity index is 2.01. The Labute approximate surface area is 174 Å². The highest BCUT2D eigenvalue weighted by molar-refractivity contribution is 6.02. The maximum absolute atomic E-state index is 13.0. The van der Waals surface area contributed by atoms with Crippen LogP contribution in [0.25, 0.3) is 11.3 Å². The van der Waals surface area contributed by atoms with Crippen LogP contribution < -0.4 is 10.1 Å². The Morgan fingerprint density at radius 2 is 1.80 bits per heavy atom. The van der Waals surface area contributed by atoms with Crippen molar-refractivity contribution >= 4 is 11.9 Å². The van der Waals surface area contributed by atoms with Crippen molar-refractivity contribution in [1.82, 2.24) is 15.1 Å². The smallest absolute Gasteiger partial charge is 0.330 e. The van der Waals surface area contributed by atoms with Crippen molar-refractivity contribution in [2.24, 2.45) is 0 Å². The number of esters is 1. The maximum atomic E-state index is 13.0. The minimum absolute atomic E-state index is 0.248. The van der Waals surface area contributed by atoms with Crippen molar-refractivity contribution in [2.45, 2.75) is 12.6 Å². The van der Waals surface area contributed by atoms with Gasteiger partial charge in [0.1, 0.15) is 11.4 Å². The first-order valence-electron chi connectivity index (χ1n) is 9.31. The number of aliphatic hydroxyl groups is 1. The van der Waals surface area contributed by atoms with Crippen molar-refractivity contribution < 1.29 is 24.2 Å². The van der Waals surface area contributed by atoms with E-state index >= 15 is 0 Å². The molecule has 0 fully saturated rings. The summed E-state index contributed by atoms with van der Waals surface area (Å²) in [4.78, 5) is 24.7. The van der Waals surface area contributed by atoms with Crippen LogP contribution in [0.15, 0.2) is 60.8 Å². The summed E-state index contributed by atoms with van der Waals surface area (Å²) in [6.45, 7) is -0.128. The SMILES string of the molecule is COC(=O)[C@H](CO)NC(=O)c1cn(Cc2ccccc2)nc1-c1ccccc1OC. The van der Waals surface area contributed by atoms with E-state index in [1.807, 2.05) is 42.5 Å². The molecule has 0 aliphatic heterocycles. The van der Waals surface area contributed by atoms with Gasteiger partial charge in [-0.15, -0.1) is 0 Å². The normalized spacial score (nSPS) is 11.6. The molecular weight excluding hydrogens is 386 g/mol. The molecule has 3 rings (SSSR count). The molecule has 1 atom stereocenters. The second-order valence-corrected chi connectivity index (χ2v) is 6.51. The molecule has 30 heavy (non-hydrogen) atoms. The monoisotopic (exact) mass is 409 g/mol. The number of hydrogen-bond donors (Lipinski definition) is 2. The molecule has 0 bridgehead atoms. The van der Waals surface area contributed by atoms with Gasteiger partial charge in [0.25, 0.3) is 5.91 Å². The molecule has 0 radical (unpaired) electrons. The van der Waals surface area contributed by atoms with E-state index in [9.17, 15) is 14.7 Å². The van der Waals surface area contributed by atoms with Crippen LogP contribution in [0.3, 0.4) is 0 Å². The zero-order valence-corrected chi connectivity index (χ0v) is 16.7. The second kappa shape index (κ2) is 9.71. The molecule has 1 amide bonds. The fourth-order valence-corrected chi connectivity index (χ4v) is 3.04. The quantitative estimate of drug-likeness (QED) is 0.551. The molecule has 0 aliphatic rings. The first kappa shape index (κ1) is 21.1. The van der Waals surface area contributed by atoms with E-state index in [2.05, 4.69) is 15.2 Å². The number of aliphatic hydroxyl groups excluding tert-OH is 1. The van der Waals surface area contributed by atoms with Crippen LogP contribution in [0, 0.1) is 0 Å². The fourth-order valence-electron chi connectivity index (χ4n) is 3.04. The Hall–Kier alpha value is -3.65. The molecule has 0 spiro atoms. The standard InChI is InChI=1S/C22H23N3O5/c1-29-19-11-7-6-10-16(19)20-17(21(27)23-18(14-26)22(28)30-2)13-25(24-20)12-15-8-4-3-5-9-15/h3-11,13,18,26H,12,14H2,1-2H3,(H,23,27)/t18-/m0/s1. The molecule has 2 aromatic carbocycles. The van der Waals surface area contributed by atoms with Crippen molar-refractivity contribution in [1.29, 1.82) is 0 Å². The Morgan fingerprint density at radius 1 is 1.10 bits per heavy atom. The van der Waals surface area contributed by atoms with Gasteiger partial charge in [-0.05, 0) is 17.7 Å². The first-order chi connectivity index (χ1) is 14.6. The Kier molecular flexibility index (Phi) is 6.82. The number of carbonyl (C=O) groups excluding carboxylic acids is 2. The average Bonchev–Trinajstić information content (AvgIpc) is 3.21. The van der Waals surface area contributed by atoms with Crippen LogP contribution in [0.4, 0.5) is 0 Å². The highest BCUT2D eigenvalue weighted by atomic mass is 16.5. The van der Waals surface area contributed by atoms with E-state index in [1.165, 1.54) is 7.11 Å². The van der Waals surface area contributed by atoms with Crippen molar-refractivity contribution in [3.8, 4) is 17.0 Å². The van der Waals surface area contributed by atoms with Gasteiger partial charge in [0.2, 0.25) is 0 Å². The summed E-state index contributed by atoms with van der Waals surface area (Å²) in [7, 11) is 2.73. The van der Waals surface area contributed by atoms with Crippen LogP contribution in [0.1, 0.15) is 15.9 Å². The van der Waals surface area contributed by atoms with Gasteiger partial charge in [-0.1, -0.05) is 42.5 Å². The average molecular weight is 409 g/mol. The van der Waals surface area contributed by atoms with Gasteiger partial charge in [-0.3, -0.25) is 9.48 Å². The molecule has 156 valence electrons. The lowest BCUT2D eigenvalue weighted by atomic mass is 10.1. The third kappa shape index (κ3) is 4.66. The number of amides is 1. The first-order valence-corrected chi connectivity index (χ1v) is 9.31. The number of methoxy groups -OCH3 is 2. The lowest BCUT2D eigenvalue weighted by Gasteiger charge is -2.14. The largest absolute Gasteiger partial charge is 0.496 e. The van der Waals surface area contributed by atoms with Crippen LogP contribution in [0.5, 0.6) is 5.75 Å². The van der Waals surface area contributed by atoms with Crippen molar-refractivity contribution in [2.75, 3.05) is 20.8 Å². The minimum Gasteiger partial charge on any atom is -0.496 e. The van der Waals surface area contributed by atoms with E-state index in [0.717, 1.165) is 5.56 Å². The number of ether oxygens (including phenoxy) is 2. The molecule has 0 aliphatic carbocycles. The van der Waals surface area contributed by atoms with Gasteiger partial charge in [0.05, 0.1) is 32.9 Å². The summed E-state index contributed by atoms with van der Waals surface area (Å²) in [5, 5.41) is 16.5. The van der Waals surface area contributed by atoms with E-state index < -0.39 is 24.5 Å². The molecule has 8 heteroatoms. The van der Waals surface area contributed by atoms with Gasteiger partial charge in [0.15, 0.2) is 6.04 Å². The lowest BCUT2D eigenvalue weighted by Crippen LogP contribution is -2.44. The number of benzene rings is 2. The highest BCUT2D eigenvalue weighted by Crippen LogP contribution is 2.31. The molecule has 2 N–H and O–H groups in total. The van der Waals surface area contributed by atoms with E-state index in [0.29, 0.717) is 23.6 Å². The van der Waals surface area contributed by atoms with Crippen LogP contribution in [-0.4, -0.2) is 53.6 Å². The molecule has 8 nitrogen and oxygen atoms in total. The van der Waals surface area contributed by atoms with Crippen LogP contribution >= 0.6 is 0 Å². The predicted molar refractivity (Wildman–Crippen MR) is 110 cm³/mol. The third-order valence-corrected chi connectivity index (χ3v) is 4.53. The van der Waals surface area contributed by atoms with Gasteiger partial charge < -0.3 is 19.9 Å². The van der Waals surface area contributed by atoms with Crippen LogP contribution in [-0.2, 0) is 16.1 Å². The van der Waals surface area contributed by atoms with Crippen molar-refractivity contribution in [3.05, 3.63) is 71.9 Å². The van der Waals surface area contributed by atoms with E-state index in [1.54, 1.807) is 30.1 Å². The molecular formula is C22H23N3O5. The summed E-state index contributed by atoms with van der Waals surface area (Å²) in [6.07, 6.45) is 1.61. The maximum Gasteiger partial charge on any atom is 0.330 e. The van der Waals surface area contributed by atoms with Gasteiger partial charge in [-0.2, -0.15) is 5.10 Å². The molecule has 0 saturated carbocycles. The van der Waals surface area contributed by atoms with E-state index in [-0.39, 0.29) is 5.56 Å². The zero-order chi connectivity index (χ0) is 21.5. The number of nitrogens with zero attached hydrogens (tertiary/aromatic N) is 2. The summed E-state index contributed by atoms with van der Waals surface area (Å²) >= 11 is 0. The molecule has 0 unspecified atom stereocenters. The molecule has 3 aromatic rings.